The highest BCUT2D eigenvalue weighted by Crippen LogP contribution is 2.17. The summed E-state index contributed by atoms with van der Waals surface area (Å²) in [5.41, 5.74) is 0. The molecule has 5 nitrogen and oxygen atoms in total. The van der Waals surface area contributed by atoms with Crippen LogP contribution >= 0.6 is 22.9 Å². The molecule has 18 heavy (non-hydrogen) atoms. The molecule has 7 heteroatoms. The van der Waals surface area contributed by atoms with Crippen LogP contribution < -0.4 is 0 Å². The van der Waals surface area contributed by atoms with Crippen molar-refractivity contribution in [3.63, 3.8) is 0 Å². The molecule has 0 unspecified atom stereocenters. The SMILES string of the molecule is CCCCCCN(CCO)C(=O)c1nnc(Cl)s1. The summed E-state index contributed by atoms with van der Waals surface area (Å²) in [5.74, 6) is -0.204. The normalized spacial score (nSPS) is 10.6. The Labute approximate surface area is 116 Å². The summed E-state index contributed by atoms with van der Waals surface area (Å²) in [5, 5.41) is 16.6. The predicted molar refractivity (Wildman–Crippen MR) is 72.1 cm³/mol. The van der Waals surface area contributed by atoms with Gasteiger partial charge in [-0.2, -0.15) is 0 Å². The quantitative estimate of drug-likeness (QED) is 0.746. The van der Waals surface area contributed by atoms with Gasteiger partial charge in [0.15, 0.2) is 0 Å². The number of unbranched alkanes of at least 4 members (excludes halogenated alkanes) is 3. The number of nitrogens with zero attached hydrogens (tertiary/aromatic N) is 3. The summed E-state index contributed by atoms with van der Waals surface area (Å²) in [6.45, 7) is 3.05. The van der Waals surface area contributed by atoms with Crippen LogP contribution in [0.3, 0.4) is 0 Å². The molecular formula is C11H18ClN3O2S. The van der Waals surface area contributed by atoms with Crippen molar-refractivity contribution in [2.45, 2.75) is 32.6 Å². The lowest BCUT2D eigenvalue weighted by Crippen LogP contribution is -2.34. The summed E-state index contributed by atoms with van der Waals surface area (Å²) < 4.78 is 0.258. The van der Waals surface area contributed by atoms with E-state index in [0.717, 1.165) is 37.0 Å². The van der Waals surface area contributed by atoms with Crippen LogP contribution in [0.1, 0.15) is 42.4 Å². The van der Waals surface area contributed by atoms with E-state index in [1.807, 2.05) is 0 Å². The van der Waals surface area contributed by atoms with Crippen LogP contribution in [-0.2, 0) is 0 Å². The highest BCUT2D eigenvalue weighted by atomic mass is 35.5. The number of aliphatic hydroxyl groups is 1. The van der Waals surface area contributed by atoms with Gasteiger partial charge in [-0.25, -0.2) is 0 Å². The number of amides is 1. The fraction of sp³-hybridized carbons (Fsp3) is 0.727. The molecule has 0 aromatic carbocycles. The van der Waals surface area contributed by atoms with E-state index in [2.05, 4.69) is 17.1 Å². The third-order valence-corrected chi connectivity index (χ3v) is 3.53. The Bertz CT molecular complexity index is 373. The van der Waals surface area contributed by atoms with Crippen molar-refractivity contribution in [3.8, 4) is 0 Å². The number of halogens is 1. The van der Waals surface area contributed by atoms with Gasteiger partial charge in [-0.05, 0) is 18.0 Å². The fourth-order valence-electron chi connectivity index (χ4n) is 1.59. The first kappa shape index (κ1) is 15.3. The Kier molecular flexibility index (Phi) is 7.15. The molecule has 1 amide bonds. The third-order valence-electron chi connectivity index (χ3n) is 2.52. The second kappa shape index (κ2) is 8.39. The first-order valence-electron chi connectivity index (χ1n) is 6.08. The zero-order chi connectivity index (χ0) is 13.4. The molecule has 1 aromatic heterocycles. The molecule has 102 valence electrons. The standard InChI is InChI=1S/C11H18ClN3O2S/c1-2-3-4-5-6-15(7-8-16)10(17)9-13-14-11(12)18-9/h16H,2-8H2,1H3. The van der Waals surface area contributed by atoms with E-state index < -0.39 is 0 Å². The Morgan fingerprint density at radius 1 is 1.33 bits per heavy atom. The van der Waals surface area contributed by atoms with Crippen LogP contribution in [0.4, 0.5) is 0 Å². The van der Waals surface area contributed by atoms with Gasteiger partial charge < -0.3 is 10.0 Å². The minimum Gasteiger partial charge on any atom is -0.395 e. The predicted octanol–water partition coefficient (Wildman–Crippen LogP) is 2.21. The summed E-state index contributed by atoms with van der Waals surface area (Å²) in [7, 11) is 0. The van der Waals surface area contributed by atoms with Gasteiger partial charge in [0.2, 0.25) is 9.47 Å². The summed E-state index contributed by atoms with van der Waals surface area (Å²) in [6, 6.07) is 0. The van der Waals surface area contributed by atoms with Crippen LogP contribution in [-0.4, -0.2) is 45.8 Å². The van der Waals surface area contributed by atoms with Crippen molar-refractivity contribution in [2.24, 2.45) is 0 Å². The number of carbonyl (C=O) groups excluding carboxylic acids is 1. The van der Waals surface area contributed by atoms with E-state index in [4.69, 9.17) is 16.7 Å². The minimum atomic E-state index is -0.204. The van der Waals surface area contributed by atoms with Crippen LogP contribution in [0.25, 0.3) is 0 Å². The molecule has 0 aliphatic carbocycles. The maximum atomic E-state index is 12.1. The Balaban J connectivity index is 2.52. The molecule has 0 atom stereocenters. The molecule has 0 aliphatic rings. The van der Waals surface area contributed by atoms with Crippen LogP contribution in [0.5, 0.6) is 0 Å². The molecule has 1 heterocycles. The molecule has 0 radical (unpaired) electrons. The first-order chi connectivity index (χ1) is 8.69. The van der Waals surface area contributed by atoms with Gasteiger partial charge in [0.05, 0.1) is 6.61 Å². The van der Waals surface area contributed by atoms with E-state index >= 15 is 0 Å². The van der Waals surface area contributed by atoms with Crippen molar-refractivity contribution in [2.75, 3.05) is 19.7 Å². The van der Waals surface area contributed by atoms with E-state index in [-0.39, 0.29) is 22.0 Å². The molecule has 0 saturated carbocycles. The Morgan fingerprint density at radius 3 is 2.67 bits per heavy atom. The van der Waals surface area contributed by atoms with Gasteiger partial charge in [0.1, 0.15) is 0 Å². The van der Waals surface area contributed by atoms with Gasteiger partial charge in [-0.1, -0.05) is 37.5 Å². The number of rotatable bonds is 8. The molecule has 0 spiro atoms. The lowest BCUT2D eigenvalue weighted by molar-refractivity contribution is 0.0717. The molecule has 1 N–H and O–H groups in total. The van der Waals surface area contributed by atoms with E-state index in [9.17, 15) is 4.79 Å². The van der Waals surface area contributed by atoms with Crippen molar-refractivity contribution >= 4 is 28.8 Å². The second-order valence-corrected chi connectivity index (χ2v) is 5.50. The van der Waals surface area contributed by atoms with Gasteiger partial charge in [0.25, 0.3) is 5.91 Å². The van der Waals surface area contributed by atoms with E-state index in [0.29, 0.717) is 13.1 Å². The molecule has 1 aromatic rings. The maximum absolute atomic E-state index is 12.1. The molecular weight excluding hydrogens is 274 g/mol. The number of aliphatic hydroxyl groups excluding tert-OH is 1. The highest BCUT2D eigenvalue weighted by Gasteiger charge is 2.19. The topological polar surface area (TPSA) is 66.3 Å². The molecule has 0 fully saturated rings. The number of aromatic nitrogens is 2. The van der Waals surface area contributed by atoms with Crippen molar-refractivity contribution in [3.05, 3.63) is 9.47 Å². The maximum Gasteiger partial charge on any atom is 0.284 e. The van der Waals surface area contributed by atoms with Crippen molar-refractivity contribution in [1.29, 1.82) is 0 Å². The van der Waals surface area contributed by atoms with Crippen LogP contribution in [0, 0.1) is 0 Å². The van der Waals surface area contributed by atoms with Crippen LogP contribution in [0.2, 0.25) is 4.47 Å². The van der Waals surface area contributed by atoms with Crippen molar-refractivity contribution < 1.29 is 9.90 Å². The average molecular weight is 292 g/mol. The molecule has 1 rings (SSSR count). The van der Waals surface area contributed by atoms with Gasteiger partial charge >= 0.3 is 0 Å². The fourth-order valence-corrected chi connectivity index (χ4v) is 2.39. The summed E-state index contributed by atoms with van der Waals surface area (Å²) in [4.78, 5) is 13.7. The first-order valence-corrected chi connectivity index (χ1v) is 7.27. The van der Waals surface area contributed by atoms with Crippen LogP contribution in [0.15, 0.2) is 0 Å². The minimum absolute atomic E-state index is 0.0495. The smallest absolute Gasteiger partial charge is 0.284 e. The molecule has 0 aliphatic heterocycles. The lowest BCUT2D eigenvalue weighted by Gasteiger charge is -2.20. The number of hydrogen-bond donors (Lipinski definition) is 1. The van der Waals surface area contributed by atoms with E-state index in [1.165, 1.54) is 0 Å². The lowest BCUT2D eigenvalue weighted by atomic mass is 10.2. The molecule has 0 bridgehead atoms. The molecule has 0 saturated heterocycles. The van der Waals surface area contributed by atoms with Gasteiger partial charge in [-0.15, -0.1) is 10.2 Å². The largest absolute Gasteiger partial charge is 0.395 e. The third kappa shape index (κ3) is 4.88. The average Bonchev–Trinajstić information content (AvgIpc) is 2.79. The van der Waals surface area contributed by atoms with Crippen molar-refractivity contribution in [1.82, 2.24) is 15.1 Å². The highest BCUT2D eigenvalue weighted by molar-refractivity contribution is 7.17. The van der Waals surface area contributed by atoms with Gasteiger partial charge in [-0.3, -0.25) is 4.79 Å². The Hall–Kier alpha value is -0.720. The summed E-state index contributed by atoms with van der Waals surface area (Å²) >= 11 is 6.72. The number of carbonyl (C=O) groups is 1. The number of hydrogen-bond acceptors (Lipinski definition) is 5. The zero-order valence-electron chi connectivity index (χ0n) is 10.4. The summed E-state index contributed by atoms with van der Waals surface area (Å²) in [6.07, 6.45) is 4.33. The van der Waals surface area contributed by atoms with Gasteiger partial charge in [0, 0.05) is 13.1 Å². The second-order valence-electron chi connectivity index (χ2n) is 3.94. The zero-order valence-corrected chi connectivity index (χ0v) is 12.0. The van der Waals surface area contributed by atoms with E-state index in [1.54, 1.807) is 4.90 Å². The monoisotopic (exact) mass is 291 g/mol. The Morgan fingerprint density at radius 2 is 2.11 bits per heavy atom.